The highest BCUT2D eigenvalue weighted by Gasteiger charge is 2.02. The fourth-order valence-corrected chi connectivity index (χ4v) is 1.38. The SMILES string of the molecule is C/C(=C\NC(=O)Nc1cccc(N(C)C)c1)C(C)C. The lowest BCUT2D eigenvalue weighted by molar-refractivity contribution is 0.255. The zero-order valence-electron chi connectivity index (χ0n) is 12.3. The number of allylic oxidation sites excluding steroid dienone is 1. The second-order valence-corrected chi connectivity index (χ2v) is 5.09. The van der Waals surface area contributed by atoms with Gasteiger partial charge in [0.25, 0.3) is 0 Å². The van der Waals surface area contributed by atoms with E-state index in [0.29, 0.717) is 5.92 Å². The van der Waals surface area contributed by atoms with Crippen molar-refractivity contribution >= 4 is 17.4 Å². The lowest BCUT2D eigenvalue weighted by Gasteiger charge is -2.14. The number of carbonyl (C=O) groups is 1. The minimum absolute atomic E-state index is 0.226. The highest BCUT2D eigenvalue weighted by molar-refractivity contribution is 5.90. The van der Waals surface area contributed by atoms with Gasteiger partial charge in [-0.3, -0.25) is 0 Å². The molecule has 0 heterocycles. The zero-order chi connectivity index (χ0) is 14.4. The van der Waals surface area contributed by atoms with Crippen molar-refractivity contribution in [2.45, 2.75) is 20.8 Å². The largest absolute Gasteiger partial charge is 0.378 e. The lowest BCUT2D eigenvalue weighted by atomic mass is 10.1. The molecule has 0 radical (unpaired) electrons. The standard InChI is InChI=1S/C15H23N3O/c1-11(2)12(3)10-16-15(19)17-13-7-6-8-14(9-13)18(4)5/h6-11H,1-5H3,(H2,16,17,19)/b12-10+. The molecular formula is C15H23N3O. The van der Waals surface area contributed by atoms with Crippen LogP contribution in [0.5, 0.6) is 0 Å². The molecule has 0 saturated heterocycles. The van der Waals surface area contributed by atoms with Crippen molar-refractivity contribution in [2.24, 2.45) is 5.92 Å². The number of benzene rings is 1. The summed E-state index contributed by atoms with van der Waals surface area (Å²) < 4.78 is 0. The molecule has 0 saturated carbocycles. The molecule has 104 valence electrons. The van der Waals surface area contributed by atoms with E-state index >= 15 is 0 Å². The summed E-state index contributed by atoms with van der Waals surface area (Å²) >= 11 is 0. The molecule has 0 bridgehead atoms. The molecule has 0 aliphatic carbocycles. The van der Waals surface area contributed by atoms with Gasteiger partial charge in [-0.25, -0.2) is 4.79 Å². The average Bonchev–Trinajstić information content (AvgIpc) is 2.36. The van der Waals surface area contributed by atoms with E-state index in [1.54, 1.807) is 6.20 Å². The molecular weight excluding hydrogens is 238 g/mol. The molecule has 4 heteroatoms. The van der Waals surface area contributed by atoms with Gasteiger partial charge in [-0.15, -0.1) is 0 Å². The number of amides is 2. The third kappa shape index (κ3) is 5.04. The minimum atomic E-state index is -0.226. The van der Waals surface area contributed by atoms with E-state index in [1.807, 2.05) is 50.2 Å². The van der Waals surface area contributed by atoms with E-state index in [0.717, 1.165) is 16.9 Å². The number of rotatable bonds is 4. The monoisotopic (exact) mass is 261 g/mol. The van der Waals surface area contributed by atoms with Gasteiger partial charge in [0, 0.05) is 31.7 Å². The van der Waals surface area contributed by atoms with Crippen LogP contribution in [0.2, 0.25) is 0 Å². The molecule has 0 aliphatic rings. The van der Waals surface area contributed by atoms with Crippen LogP contribution in [-0.4, -0.2) is 20.1 Å². The van der Waals surface area contributed by atoms with Gasteiger partial charge in [0.05, 0.1) is 0 Å². The van der Waals surface area contributed by atoms with E-state index in [9.17, 15) is 4.79 Å². The van der Waals surface area contributed by atoms with E-state index in [2.05, 4.69) is 24.5 Å². The molecule has 0 aliphatic heterocycles. The maximum atomic E-state index is 11.7. The van der Waals surface area contributed by atoms with Gasteiger partial charge in [-0.05, 0) is 31.0 Å². The second-order valence-electron chi connectivity index (χ2n) is 5.09. The number of hydrogen-bond donors (Lipinski definition) is 2. The Balaban J connectivity index is 2.62. The van der Waals surface area contributed by atoms with Crippen molar-refractivity contribution < 1.29 is 4.79 Å². The predicted molar refractivity (Wildman–Crippen MR) is 81.5 cm³/mol. The number of hydrogen-bond acceptors (Lipinski definition) is 2. The average molecular weight is 261 g/mol. The Kier molecular flexibility index (Phi) is 5.42. The van der Waals surface area contributed by atoms with Gasteiger partial charge in [-0.2, -0.15) is 0 Å². The van der Waals surface area contributed by atoms with Gasteiger partial charge in [0.15, 0.2) is 0 Å². The Bertz CT molecular complexity index is 464. The van der Waals surface area contributed by atoms with E-state index in [4.69, 9.17) is 0 Å². The van der Waals surface area contributed by atoms with E-state index < -0.39 is 0 Å². The third-order valence-electron chi connectivity index (χ3n) is 2.96. The van der Waals surface area contributed by atoms with Gasteiger partial charge < -0.3 is 15.5 Å². The summed E-state index contributed by atoms with van der Waals surface area (Å²) in [4.78, 5) is 13.7. The molecule has 19 heavy (non-hydrogen) atoms. The fraction of sp³-hybridized carbons (Fsp3) is 0.400. The Morgan fingerprint density at radius 1 is 1.32 bits per heavy atom. The summed E-state index contributed by atoms with van der Waals surface area (Å²) in [7, 11) is 3.93. The first-order chi connectivity index (χ1) is 8.90. The third-order valence-corrected chi connectivity index (χ3v) is 2.96. The van der Waals surface area contributed by atoms with Crippen LogP contribution >= 0.6 is 0 Å². The molecule has 1 rings (SSSR count). The number of carbonyl (C=O) groups excluding carboxylic acids is 1. The van der Waals surface area contributed by atoms with Crippen molar-refractivity contribution in [2.75, 3.05) is 24.3 Å². The van der Waals surface area contributed by atoms with Crippen molar-refractivity contribution in [3.05, 3.63) is 36.0 Å². The van der Waals surface area contributed by atoms with Crippen LogP contribution in [0, 0.1) is 5.92 Å². The van der Waals surface area contributed by atoms with Gasteiger partial charge in [0.1, 0.15) is 0 Å². The van der Waals surface area contributed by atoms with E-state index in [1.165, 1.54) is 0 Å². The van der Waals surface area contributed by atoms with Crippen LogP contribution in [-0.2, 0) is 0 Å². The number of urea groups is 1. The number of nitrogens with one attached hydrogen (secondary N) is 2. The topological polar surface area (TPSA) is 44.4 Å². The summed E-state index contributed by atoms with van der Waals surface area (Å²) in [6.45, 7) is 6.18. The molecule has 0 atom stereocenters. The van der Waals surface area contributed by atoms with Crippen LogP contribution in [0.3, 0.4) is 0 Å². The Morgan fingerprint density at radius 3 is 2.58 bits per heavy atom. The van der Waals surface area contributed by atoms with Crippen LogP contribution in [0.4, 0.5) is 16.2 Å². The second kappa shape index (κ2) is 6.83. The summed E-state index contributed by atoms with van der Waals surface area (Å²) in [6, 6.07) is 7.48. The van der Waals surface area contributed by atoms with Crippen molar-refractivity contribution in [3.8, 4) is 0 Å². The first kappa shape index (κ1) is 15.1. The lowest BCUT2D eigenvalue weighted by Crippen LogP contribution is -2.24. The molecule has 2 amide bonds. The molecule has 2 N–H and O–H groups in total. The van der Waals surface area contributed by atoms with Gasteiger partial charge in [0.2, 0.25) is 0 Å². The molecule has 0 spiro atoms. The smallest absolute Gasteiger partial charge is 0.323 e. The summed E-state index contributed by atoms with van der Waals surface area (Å²) in [5.74, 6) is 0.428. The molecule has 1 aromatic carbocycles. The van der Waals surface area contributed by atoms with Crippen LogP contribution < -0.4 is 15.5 Å². The molecule has 0 unspecified atom stereocenters. The van der Waals surface area contributed by atoms with Crippen molar-refractivity contribution in [1.82, 2.24) is 5.32 Å². The predicted octanol–water partition coefficient (Wildman–Crippen LogP) is 3.43. The van der Waals surface area contributed by atoms with Crippen molar-refractivity contribution in [1.29, 1.82) is 0 Å². The van der Waals surface area contributed by atoms with Crippen molar-refractivity contribution in [3.63, 3.8) is 0 Å². The molecule has 1 aromatic rings. The summed E-state index contributed by atoms with van der Waals surface area (Å²) in [5, 5.41) is 5.55. The Morgan fingerprint density at radius 2 is 2.00 bits per heavy atom. The minimum Gasteiger partial charge on any atom is -0.378 e. The van der Waals surface area contributed by atoms with Crippen LogP contribution in [0.15, 0.2) is 36.0 Å². The molecule has 4 nitrogen and oxygen atoms in total. The normalized spacial score (nSPS) is 11.4. The van der Waals surface area contributed by atoms with Gasteiger partial charge >= 0.3 is 6.03 Å². The first-order valence-corrected chi connectivity index (χ1v) is 6.41. The highest BCUT2D eigenvalue weighted by Crippen LogP contribution is 2.17. The van der Waals surface area contributed by atoms with Gasteiger partial charge in [-0.1, -0.05) is 25.5 Å². The quantitative estimate of drug-likeness (QED) is 0.872. The highest BCUT2D eigenvalue weighted by atomic mass is 16.2. The fourth-order valence-electron chi connectivity index (χ4n) is 1.38. The zero-order valence-corrected chi connectivity index (χ0v) is 12.3. The van der Waals surface area contributed by atoms with Crippen LogP contribution in [0.25, 0.3) is 0 Å². The summed E-state index contributed by atoms with van der Waals surface area (Å²) in [6.07, 6.45) is 1.75. The maximum absolute atomic E-state index is 11.7. The molecule has 0 fully saturated rings. The first-order valence-electron chi connectivity index (χ1n) is 6.41. The Labute approximate surface area is 115 Å². The maximum Gasteiger partial charge on any atom is 0.323 e. The number of anilines is 2. The Hall–Kier alpha value is -1.97. The molecule has 0 aromatic heterocycles. The number of nitrogens with zero attached hydrogens (tertiary/aromatic N) is 1. The van der Waals surface area contributed by atoms with E-state index in [-0.39, 0.29) is 6.03 Å². The van der Waals surface area contributed by atoms with Crippen LogP contribution in [0.1, 0.15) is 20.8 Å². The summed E-state index contributed by atoms with van der Waals surface area (Å²) in [5.41, 5.74) is 2.96.